The van der Waals surface area contributed by atoms with Crippen molar-refractivity contribution in [2.24, 2.45) is 11.5 Å². The molecular weight excluding hydrogens is 143 g/mol. The van der Waals surface area contributed by atoms with Crippen molar-refractivity contribution in [3.05, 3.63) is 0 Å². The summed E-state index contributed by atoms with van der Waals surface area (Å²) in [6.45, 7) is 1.35. The number of hydrogen-bond acceptors (Lipinski definition) is 3. The Morgan fingerprint density at radius 1 is 1.56 bits per heavy atom. The van der Waals surface area contributed by atoms with Gasteiger partial charge in [0.05, 0.1) is 11.8 Å². The van der Waals surface area contributed by atoms with Gasteiger partial charge in [0, 0.05) is 0 Å². The first-order valence-corrected chi connectivity index (χ1v) is 4.13. The van der Waals surface area contributed by atoms with Crippen molar-refractivity contribution in [3.8, 4) is 0 Å². The van der Waals surface area contributed by atoms with E-state index in [0.717, 1.165) is 0 Å². The summed E-state index contributed by atoms with van der Waals surface area (Å²) in [6, 6.07) is 0. The van der Waals surface area contributed by atoms with Crippen molar-refractivity contribution in [1.29, 1.82) is 0 Å². The van der Waals surface area contributed by atoms with Gasteiger partial charge in [0.25, 0.3) is 0 Å². The van der Waals surface area contributed by atoms with Gasteiger partial charge >= 0.3 is 7.60 Å². The van der Waals surface area contributed by atoms with Gasteiger partial charge in [-0.3, -0.25) is 4.57 Å². The molecule has 0 rings (SSSR count). The molecular formula is C3H11N2O3P. The maximum absolute atomic E-state index is 10.2. The van der Waals surface area contributed by atoms with Crippen LogP contribution in [0, 0.1) is 0 Å². The van der Waals surface area contributed by atoms with E-state index in [-0.39, 0.29) is 0 Å². The minimum absolute atomic E-state index is 0.486. The zero-order chi connectivity index (χ0) is 7.71. The van der Waals surface area contributed by atoms with Crippen molar-refractivity contribution >= 4 is 7.60 Å². The van der Waals surface area contributed by atoms with E-state index in [0.29, 0.717) is 0 Å². The van der Waals surface area contributed by atoms with E-state index in [9.17, 15) is 4.57 Å². The Morgan fingerprint density at radius 3 is 1.89 bits per heavy atom. The third kappa shape index (κ3) is 8.07. The average Bonchev–Trinajstić information content (AvgIpc) is 1.14. The van der Waals surface area contributed by atoms with Crippen LogP contribution in [0.2, 0.25) is 0 Å². The lowest BCUT2D eigenvalue weighted by Crippen LogP contribution is -2.49. The standard InChI is InChI=1S/C3H11N2O3P/c1-3(4,5)2-9(6,7)8/h2,4-5H2,1H3,(H2,6,7,8). The molecule has 0 aromatic heterocycles. The highest BCUT2D eigenvalue weighted by Crippen LogP contribution is 2.35. The molecule has 0 atom stereocenters. The van der Waals surface area contributed by atoms with Gasteiger partial charge in [0.2, 0.25) is 0 Å². The van der Waals surface area contributed by atoms with Gasteiger partial charge in [0.15, 0.2) is 0 Å². The molecule has 0 aromatic carbocycles. The van der Waals surface area contributed by atoms with E-state index in [1.165, 1.54) is 6.92 Å². The summed E-state index contributed by atoms with van der Waals surface area (Å²) in [5, 5.41) is 0. The summed E-state index contributed by atoms with van der Waals surface area (Å²) >= 11 is 0. The smallest absolute Gasteiger partial charge is 0.324 e. The number of rotatable bonds is 2. The van der Waals surface area contributed by atoms with Crippen LogP contribution in [0.4, 0.5) is 0 Å². The summed E-state index contributed by atoms with van der Waals surface area (Å²) in [5.41, 5.74) is 8.94. The molecule has 0 unspecified atom stereocenters. The minimum atomic E-state index is -4.04. The molecule has 9 heavy (non-hydrogen) atoms. The Morgan fingerprint density at radius 2 is 1.89 bits per heavy atom. The molecule has 0 spiro atoms. The fourth-order valence-corrected chi connectivity index (χ4v) is 1.33. The zero-order valence-electron chi connectivity index (χ0n) is 5.11. The van der Waals surface area contributed by atoms with E-state index in [2.05, 4.69) is 0 Å². The van der Waals surface area contributed by atoms with Crippen LogP contribution in [-0.2, 0) is 4.57 Å². The van der Waals surface area contributed by atoms with Crippen molar-refractivity contribution in [1.82, 2.24) is 0 Å². The molecule has 0 aliphatic carbocycles. The predicted molar refractivity (Wildman–Crippen MR) is 33.7 cm³/mol. The Balaban J connectivity index is 3.90. The van der Waals surface area contributed by atoms with E-state index in [1.807, 2.05) is 0 Å². The maximum atomic E-state index is 10.2. The monoisotopic (exact) mass is 154 g/mol. The Kier molecular flexibility index (Phi) is 2.38. The highest BCUT2D eigenvalue weighted by molar-refractivity contribution is 7.51. The summed E-state index contributed by atoms with van der Waals surface area (Å²) in [7, 11) is -4.04. The molecule has 0 aliphatic heterocycles. The number of hydrogen-bond donors (Lipinski definition) is 4. The van der Waals surface area contributed by atoms with Crippen LogP contribution in [0.5, 0.6) is 0 Å². The van der Waals surface area contributed by atoms with Gasteiger partial charge in [-0.05, 0) is 6.92 Å². The summed E-state index contributed by atoms with van der Waals surface area (Å²) in [6.07, 6.45) is -0.486. The van der Waals surface area contributed by atoms with Crippen LogP contribution in [-0.4, -0.2) is 21.6 Å². The van der Waals surface area contributed by atoms with E-state index in [1.54, 1.807) is 0 Å². The third-order valence-corrected chi connectivity index (χ3v) is 1.64. The lowest BCUT2D eigenvalue weighted by Gasteiger charge is -2.18. The molecule has 6 N–H and O–H groups in total. The zero-order valence-corrected chi connectivity index (χ0v) is 6.01. The first kappa shape index (κ1) is 9.07. The number of nitrogens with two attached hydrogens (primary N) is 2. The normalized spacial score (nSPS) is 13.9. The highest BCUT2D eigenvalue weighted by atomic mass is 31.2. The van der Waals surface area contributed by atoms with Crippen molar-refractivity contribution < 1.29 is 14.4 Å². The Bertz CT molecular complexity index is 134. The SMILES string of the molecule is CC(N)(N)CP(=O)(O)O. The predicted octanol–water partition coefficient (Wildman–Crippen LogP) is -1.20. The lowest BCUT2D eigenvalue weighted by molar-refractivity contribution is 0.357. The molecule has 0 bridgehead atoms. The fraction of sp³-hybridized carbons (Fsp3) is 1.00. The van der Waals surface area contributed by atoms with Gasteiger partial charge in [-0.25, -0.2) is 0 Å². The van der Waals surface area contributed by atoms with Gasteiger partial charge in [-0.15, -0.1) is 0 Å². The molecule has 0 amide bonds. The van der Waals surface area contributed by atoms with Crippen molar-refractivity contribution in [2.45, 2.75) is 12.6 Å². The fourth-order valence-electron chi connectivity index (χ4n) is 0.444. The summed E-state index contributed by atoms with van der Waals surface area (Å²) < 4.78 is 10.2. The highest BCUT2D eigenvalue weighted by Gasteiger charge is 2.24. The van der Waals surface area contributed by atoms with Crippen LogP contribution in [0.25, 0.3) is 0 Å². The van der Waals surface area contributed by atoms with Crippen molar-refractivity contribution in [2.75, 3.05) is 6.16 Å². The first-order chi connectivity index (χ1) is 3.71. The molecule has 0 radical (unpaired) electrons. The van der Waals surface area contributed by atoms with Crippen LogP contribution in [0.3, 0.4) is 0 Å². The Hall–Kier alpha value is 0.0700. The van der Waals surface area contributed by atoms with Gasteiger partial charge in [-0.1, -0.05) is 0 Å². The Labute approximate surface area is 53.2 Å². The molecule has 0 heterocycles. The quantitative estimate of drug-likeness (QED) is 0.295. The maximum Gasteiger partial charge on any atom is 0.328 e. The second-order valence-corrected chi connectivity index (χ2v) is 3.97. The molecule has 0 saturated heterocycles. The van der Waals surface area contributed by atoms with Crippen LogP contribution in [0.1, 0.15) is 6.92 Å². The van der Waals surface area contributed by atoms with E-state index < -0.39 is 19.4 Å². The molecule has 0 aromatic rings. The van der Waals surface area contributed by atoms with E-state index in [4.69, 9.17) is 21.3 Å². The molecule has 5 nitrogen and oxygen atoms in total. The third-order valence-electron chi connectivity index (χ3n) is 0.547. The van der Waals surface area contributed by atoms with E-state index >= 15 is 0 Å². The van der Waals surface area contributed by atoms with Crippen LogP contribution in [0.15, 0.2) is 0 Å². The van der Waals surface area contributed by atoms with Crippen molar-refractivity contribution in [3.63, 3.8) is 0 Å². The molecule has 0 aliphatic rings. The van der Waals surface area contributed by atoms with Gasteiger partial charge < -0.3 is 21.3 Å². The first-order valence-electron chi connectivity index (χ1n) is 2.33. The minimum Gasteiger partial charge on any atom is -0.324 e. The molecule has 0 fully saturated rings. The largest absolute Gasteiger partial charge is 0.328 e. The second-order valence-electron chi connectivity index (χ2n) is 2.33. The average molecular weight is 154 g/mol. The second kappa shape index (κ2) is 2.36. The molecule has 56 valence electrons. The molecule has 6 heteroatoms. The molecule has 0 saturated carbocycles. The summed E-state index contributed by atoms with van der Waals surface area (Å²) in [5.74, 6) is 0. The van der Waals surface area contributed by atoms with Gasteiger partial charge in [-0.2, -0.15) is 0 Å². The topological polar surface area (TPSA) is 110 Å². The van der Waals surface area contributed by atoms with Crippen LogP contribution < -0.4 is 11.5 Å². The lowest BCUT2D eigenvalue weighted by atomic mass is 10.3. The van der Waals surface area contributed by atoms with Crippen LogP contribution >= 0.6 is 7.60 Å². The summed E-state index contributed by atoms with van der Waals surface area (Å²) in [4.78, 5) is 16.6. The van der Waals surface area contributed by atoms with Gasteiger partial charge in [0.1, 0.15) is 0 Å².